The maximum atomic E-state index is 13.7. The standard InChI is InChI=1S/C28H32N2O5/c1-3-14-27(2,24(31)30-15-8-9-18-16-28(18,30)25(32)33)29-26(34)35-17-23-21-12-6-4-10-19(21)20-11-5-7-13-22(20)23/h4-7,10-13,18,23H,3,8-9,14-17H2,1-2H3,(H,29,34)(H,32,33)/t18-,27?,28+/m1/s1. The Balaban J connectivity index is 1.31. The molecule has 7 heteroatoms. The van der Waals surface area contributed by atoms with E-state index in [0.29, 0.717) is 25.8 Å². The van der Waals surface area contributed by atoms with E-state index >= 15 is 0 Å². The Morgan fingerprint density at radius 2 is 1.74 bits per heavy atom. The van der Waals surface area contributed by atoms with Crippen LogP contribution in [-0.4, -0.2) is 52.2 Å². The van der Waals surface area contributed by atoms with E-state index in [4.69, 9.17) is 4.74 Å². The predicted octanol–water partition coefficient (Wildman–Crippen LogP) is 4.55. The maximum Gasteiger partial charge on any atom is 0.408 e. The number of carboxylic acids is 1. The van der Waals surface area contributed by atoms with Crippen LogP contribution in [0.5, 0.6) is 0 Å². The number of carbonyl (C=O) groups excluding carboxylic acids is 2. The van der Waals surface area contributed by atoms with Crippen LogP contribution >= 0.6 is 0 Å². The normalized spacial score (nSPS) is 23.9. The molecule has 2 aromatic rings. The molecule has 2 fully saturated rings. The first-order valence-corrected chi connectivity index (χ1v) is 12.5. The average Bonchev–Trinajstić information content (AvgIpc) is 3.53. The monoisotopic (exact) mass is 476 g/mol. The number of benzene rings is 2. The SMILES string of the molecule is CCCC(C)(NC(=O)OCC1c2ccccc2-c2ccccc21)C(=O)N1CCC[C@@H]2C[C@@]21C(=O)O. The van der Waals surface area contributed by atoms with E-state index in [2.05, 4.69) is 29.6 Å². The zero-order valence-electron chi connectivity index (χ0n) is 20.3. The Kier molecular flexibility index (Phi) is 5.82. The Morgan fingerprint density at radius 3 is 2.34 bits per heavy atom. The molecule has 1 saturated heterocycles. The highest BCUT2D eigenvalue weighted by Crippen LogP contribution is 2.55. The van der Waals surface area contributed by atoms with Gasteiger partial charge in [-0.25, -0.2) is 9.59 Å². The van der Waals surface area contributed by atoms with E-state index in [9.17, 15) is 19.5 Å². The predicted molar refractivity (Wildman–Crippen MR) is 131 cm³/mol. The van der Waals surface area contributed by atoms with Gasteiger partial charge in [0.2, 0.25) is 5.91 Å². The summed E-state index contributed by atoms with van der Waals surface area (Å²) in [7, 11) is 0. The number of carboxylic acid groups (broad SMARTS) is 1. The molecule has 7 nitrogen and oxygen atoms in total. The summed E-state index contributed by atoms with van der Waals surface area (Å²) in [5, 5.41) is 12.7. The van der Waals surface area contributed by atoms with Crippen LogP contribution in [0.1, 0.15) is 63.0 Å². The number of aliphatic carboxylic acids is 1. The zero-order valence-corrected chi connectivity index (χ0v) is 20.3. The highest BCUT2D eigenvalue weighted by molar-refractivity contribution is 5.96. The molecule has 1 unspecified atom stereocenters. The van der Waals surface area contributed by atoms with Crippen LogP contribution in [0.15, 0.2) is 48.5 Å². The molecule has 2 aromatic carbocycles. The van der Waals surface area contributed by atoms with E-state index < -0.39 is 23.1 Å². The second-order valence-electron chi connectivity index (χ2n) is 10.3. The van der Waals surface area contributed by atoms with Crippen LogP contribution in [-0.2, 0) is 14.3 Å². The lowest BCUT2D eigenvalue weighted by atomic mass is 9.91. The number of nitrogens with zero attached hydrogens (tertiary/aromatic N) is 1. The van der Waals surface area contributed by atoms with Crippen LogP contribution in [0.25, 0.3) is 11.1 Å². The quantitative estimate of drug-likeness (QED) is 0.611. The first kappa shape index (κ1) is 23.4. The largest absolute Gasteiger partial charge is 0.479 e. The first-order chi connectivity index (χ1) is 16.8. The molecule has 1 heterocycles. The molecule has 184 valence electrons. The number of alkyl carbamates (subject to hydrolysis) is 1. The Labute approximate surface area is 205 Å². The van der Waals surface area contributed by atoms with E-state index in [1.165, 1.54) is 4.90 Å². The van der Waals surface area contributed by atoms with Crippen molar-refractivity contribution in [2.75, 3.05) is 13.2 Å². The fraction of sp³-hybridized carbons (Fsp3) is 0.464. The molecule has 3 aliphatic rings. The minimum absolute atomic E-state index is 0.00182. The smallest absolute Gasteiger partial charge is 0.408 e. The molecule has 1 saturated carbocycles. The molecule has 0 spiro atoms. The van der Waals surface area contributed by atoms with Crippen molar-refractivity contribution in [1.29, 1.82) is 0 Å². The molecular weight excluding hydrogens is 444 g/mol. The van der Waals surface area contributed by atoms with E-state index in [1.54, 1.807) is 6.92 Å². The lowest BCUT2D eigenvalue weighted by molar-refractivity contribution is -0.157. The zero-order chi connectivity index (χ0) is 24.8. The topological polar surface area (TPSA) is 95.9 Å². The van der Waals surface area contributed by atoms with Gasteiger partial charge in [-0.3, -0.25) is 4.79 Å². The number of nitrogens with one attached hydrogen (secondary N) is 1. The Morgan fingerprint density at radius 1 is 1.11 bits per heavy atom. The summed E-state index contributed by atoms with van der Waals surface area (Å²) in [6.07, 6.45) is 2.47. The average molecular weight is 477 g/mol. The summed E-state index contributed by atoms with van der Waals surface area (Å²) in [4.78, 5) is 40.2. The molecule has 3 atom stereocenters. The van der Waals surface area contributed by atoms with Crippen molar-refractivity contribution in [2.24, 2.45) is 5.92 Å². The number of amides is 2. The molecule has 2 N–H and O–H groups in total. The third kappa shape index (κ3) is 3.77. The van der Waals surface area contributed by atoms with Gasteiger partial charge in [0.1, 0.15) is 17.7 Å². The van der Waals surface area contributed by atoms with Gasteiger partial charge in [-0.05, 0) is 60.8 Å². The van der Waals surface area contributed by atoms with Crippen molar-refractivity contribution in [3.63, 3.8) is 0 Å². The van der Waals surface area contributed by atoms with Crippen molar-refractivity contribution in [3.8, 4) is 11.1 Å². The fourth-order valence-electron chi connectivity index (χ4n) is 6.22. The van der Waals surface area contributed by atoms with Crippen LogP contribution in [0.2, 0.25) is 0 Å². The lowest BCUT2D eigenvalue weighted by Crippen LogP contribution is -2.63. The van der Waals surface area contributed by atoms with Gasteiger partial charge < -0.3 is 20.1 Å². The highest BCUT2D eigenvalue weighted by Gasteiger charge is 2.67. The third-order valence-corrected chi connectivity index (χ3v) is 8.05. The van der Waals surface area contributed by atoms with Gasteiger partial charge in [-0.15, -0.1) is 0 Å². The summed E-state index contributed by atoms with van der Waals surface area (Å²) < 4.78 is 5.69. The molecule has 5 rings (SSSR count). The number of piperidine rings is 1. The number of likely N-dealkylation sites (tertiary alicyclic amines) is 1. The fourth-order valence-corrected chi connectivity index (χ4v) is 6.22. The number of hydrogen-bond acceptors (Lipinski definition) is 4. The summed E-state index contributed by atoms with van der Waals surface area (Å²) >= 11 is 0. The van der Waals surface area contributed by atoms with E-state index in [1.807, 2.05) is 31.2 Å². The molecule has 0 radical (unpaired) electrons. The molecule has 0 bridgehead atoms. The van der Waals surface area contributed by atoms with Crippen molar-refractivity contribution in [3.05, 3.63) is 59.7 Å². The van der Waals surface area contributed by atoms with Gasteiger partial charge in [0.05, 0.1) is 0 Å². The summed E-state index contributed by atoms with van der Waals surface area (Å²) in [5.41, 5.74) is 2.17. The van der Waals surface area contributed by atoms with Gasteiger partial charge in [0.15, 0.2) is 0 Å². The van der Waals surface area contributed by atoms with Crippen LogP contribution < -0.4 is 5.32 Å². The number of rotatable bonds is 7. The number of ether oxygens (including phenoxy) is 1. The minimum Gasteiger partial charge on any atom is -0.479 e. The molecular formula is C28H32N2O5. The molecule has 35 heavy (non-hydrogen) atoms. The Bertz CT molecular complexity index is 1130. The number of fused-ring (bicyclic) bond motifs is 4. The highest BCUT2D eigenvalue weighted by atomic mass is 16.5. The summed E-state index contributed by atoms with van der Waals surface area (Å²) in [5.74, 6) is -1.36. The molecule has 2 amide bonds. The Hall–Kier alpha value is -3.35. The first-order valence-electron chi connectivity index (χ1n) is 12.5. The third-order valence-electron chi connectivity index (χ3n) is 8.05. The van der Waals surface area contributed by atoms with Crippen molar-refractivity contribution < 1.29 is 24.2 Å². The van der Waals surface area contributed by atoms with Crippen LogP contribution in [0.3, 0.4) is 0 Å². The molecule has 2 aliphatic carbocycles. The van der Waals surface area contributed by atoms with E-state index in [-0.39, 0.29) is 24.3 Å². The van der Waals surface area contributed by atoms with Gasteiger partial charge in [-0.2, -0.15) is 0 Å². The van der Waals surface area contributed by atoms with Gasteiger partial charge in [0, 0.05) is 12.5 Å². The van der Waals surface area contributed by atoms with Crippen LogP contribution in [0, 0.1) is 5.92 Å². The van der Waals surface area contributed by atoms with E-state index in [0.717, 1.165) is 35.1 Å². The van der Waals surface area contributed by atoms with Gasteiger partial charge in [-0.1, -0.05) is 61.9 Å². The second kappa shape index (κ2) is 8.70. The van der Waals surface area contributed by atoms with Crippen molar-refractivity contribution in [2.45, 2.75) is 62.9 Å². The molecule has 0 aromatic heterocycles. The lowest BCUT2D eigenvalue weighted by Gasteiger charge is -2.40. The summed E-state index contributed by atoms with van der Waals surface area (Å²) in [6, 6.07) is 16.2. The van der Waals surface area contributed by atoms with Gasteiger partial charge in [0.25, 0.3) is 0 Å². The maximum absolute atomic E-state index is 13.7. The molecule has 1 aliphatic heterocycles. The van der Waals surface area contributed by atoms with Crippen LogP contribution in [0.4, 0.5) is 4.79 Å². The second-order valence-corrected chi connectivity index (χ2v) is 10.3. The minimum atomic E-state index is -1.23. The van der Waals surface area contributed by atoms with Gasteiger partial charge >= 0.3 is 12.1 Å². The van der Waals surface area contributed by atoms with Crippen molar-refractivity contribution >= 4 is 18.0 Å². The number of hydrogen-bond donors (Lipinski definition) is 2. The van der Waals surface area contributed by atoms with Crippen molar-refractivity contribution in [1.82, 2.24) is 10.2 Å². The summed E-state index contributed by atoms with van der Waals surface area (Å²) in [6.45, 7) is 4.17. The number of carbonyl (C=O) groups is 3.